The number of amides is 1. The molecule has 1 amide bonds. The minimum Gasteiger partial charge on any atom is -0.267 e. The molecular weight excluding hydrogens is 392 g/mol. The minimum atomic E-state index is -0.234. The van der Waals surface area contributed by atoms with Crippen molar-refractivity contribution in [1.82, 2.24) is 5.43 Å². The number of carbonyl (C=O) groups is 1. The highest BCUT2D eigenvalue weighted by Crippen LogP contribution is 2.22. The zero-order valence-corrected chi connectivity index (χ0v) is 14.0. The molecule has 0 aliphatic rings. The summed E-state index contributed by atoms with van der Waals surface area (Å²) in [7, 11) is 0. The number of nitrogens with zero attached hydrogens (tertiary/aromatic N) is 1. The Morgan fingerprint density at radius 3 is 2.58 bits per heavy atom. The molecule has 1 aromatic heterocycles. The summed E-state index contributed by atoms with van der Waals surface area (Å²) in [6, 6.07) is 11.1. The van der Waals surface area contributed by atoms with E-state index in [-0.39, 0.29) is 5.91 Å². The highest BCUT2D eigenvalue weighted by molar-refractivity contribution is 9.11. The Labute approximate surface area is 132 Å². The fraction of sp³-hybridized carbons (Fsp3) is 0.0769. The lowest BCUT2D eigenvalue weighted by Gasteiger charge is -2.03. The van der Waals surface area contributed by atoms with Gasteiger partial charge in [-0.2, -0.15) is 5.10 Å². The number of hydrogen-bond acceptors (Lipinski definition) is 3. The number of hydrogen-bond donors (Lipinski definition) is 1. The third-order valence-corrected chi connectivity index (χ3v) is 4.80. The smallest absolute Gasteiger partial charge is 0.267 e. The molecule has 0 atom stereocenters. The predicted molar refractivity (Wildman–Crippen MR) is 85.8 cm³/mol. The summed E-state index contributed by atoms with van der Waals surface area (Å²) >= 11 is 8.31. The number of hydrazone groups is 1. The first kappa shape index (κ1) is 14.4. The van der Waals surface area contributed by atoms with Gasteiger partial charge >= 0.3 is 0 Å². The van der Waals surface area contributed by atoms with Crippen LogP contribution in [-0.2, 0) is 0 Å². The molecule has 0 unspecified atom stereocenters. The molecular formula is C13H10Br2N2OS. The van der Waals surface area contributed by atoms with E-state index in [1.165, 1.54) is 0 Å². The first-order valence-corrected chi connectivity index (χ1v) is 7.83. The van der Waals surface area contributed by atoms with Gasteiger partial charge in [-0.15, -0.1) is 11.3 Å². The Morgan fingerprint density at radius 1 is 1.21 bits per heavy atom. The van der Waals surface area contributed by atoms with Crippen molar-refractivity contribution in [1.29, 1.82) is 0 Å². The summed E-state index contributed by atoms with van der Waals surface area (Å²) in [6.45, 7) is 1.86. The molecule has 3 nitrogen and oxygen atoms in total. The Hall–Kier alpha value is -0.980. The molecule has 98 valence electrons. The molecule has 0 saturated carbocycles. The molecule has 1 N–H and O–H groups in total. The fourth-order valence-corrected chi connectivity index (χ4v) is 3.20. The SMILES string of the molecule is CC(=NNC(=O)c1ccccc1Br)c1ccc(Br)s1. The molecule has 2 aromatic rings. The predicted octanol–water partition coefficient (Wildman–Crippen LogP) is 4.43. The largest absolute Gasteiger partial charge is 0.272 e. The Kier molecular flexibility index (Phi) is 4.90. The van der Waals surface area contributed by atoms with Gasteiger partial charge in [-0.25, -0.2) is 5.43 Å². The van der Waals surface area contributed by atoms with E-state index in [2.05, 4.69) is 42.4 Å². The van der Waals surface area contributed by atoms with E-state index in [4.69, 9.17) is 0 Å². The van der Waals surface area contributed by atoms with Crippen LogP contribution in [-0.4, -0.2) is 11.6 Å². The van der Waals surface area contributed by atoms with Crippen LogP contribution in [0.15, 0.2) is 49.8 Å². The van der Waals surface area contributed by atoms with Crippen molar-refractivity contribution in [2.45, 2.75) is 6.92 Å². The van der Waals surface area contributed by atoms with Crippen LogP contribution < -0.4 is 5.43 Å². The summed E-state index contributed by atoms with van der Waals surface area (Å²) in [5.41, 5.74) is 3.89. The number of carbonyl (C=O) groups excluding carboxylic acids is 1. The first-order chi connectivity index (χ1) is 9.08. The van der Waals surface area contributed by atoms with Crippen molar-refractivity contribution in [3.63, 3.8) is 0 Å². The van der Waals surface area contributed by atoms with Crippen LogP contribution in [0.3, 0.4) is 0 Å². The van der Waals surface area contributed by atoms with Gasteiger partial charge in [0.25, 0.3) is 5.91 Å². The van der Waals surface area contributed by atoms with Crippen LogP contribution in [0.2, 0.25) is 0 Å². The van der Waals surface area contributed by atoms with E-state index in [0.29, 0.717) is 5.56 Å². The Morgan fingerprint density at radius 2 is 1.95 bits per heavy atom. The molecule has 0 bridgehead atoms. The molecule has 1 aromatic carbocycles. The van der Waals surface area contributed by atoms with Crippen molar-refractivity contribution in [2.75, 3.05) is 0 Å². The number of nitrogens with one attached hydrogen (secondary N) is 1. The molecule has 0 aliphatic carbocycles. The van der Waals surface area contributed by atoms with Gasteiger partial charge in [-0.1, -0.05) is 12.1 Å². The van der Waals surface area contributed by atoms with Crippen LogP contribution in [0.5, 0.6) is 0 Å². The third kappa shape index (κ3) is 3.75. The summed E-state index contributed by atoms with van der Waals surface area (Å²) in [5, 5.41) is 4.11. The lowest BCUT2D eigenvalue weighted by Crippen LogP contribution is -2.19. The van der Waals surface area contributed by atoms with Crippen LogP contribution in [0.4, 0.5) is 0 Å². The minimum absolute atomic E-state index is 0.234. The van der Waals surface area contributed by atoms with Crippen LogP contribution >= 0.6 is 43.2 Å². The highest BCUT2D eigenvalue weighted by Gasteiger charge is 2.08. The Balaban J connectivity index is 2.10. The lowest BCUT2D eigenvalue weighted by molar-refractivity contribution is 0.0954. The van der Waals surface area contributed by atoms with Gasteiger partial charge in [-0.05, 0) is 63.0 Å². The second-order valence-corrected chi connectivity index (χ2v) is 7.04. The summed E-state index contributed by atoms with van der Waals surface area (Å²) in [5.74, 6) is -0.234. The van der Waals surface area contributed by atoms with Gasteiger partial charge in [-0.3, -0.25) is 4.79 Å². The maximum Gasteiger partial charge on any atom is 0.272 e. The molecule has 0 saturated heterocycles. The van der Waals surface area contributed by atoms with Gasteiger partial charge in [0.05, 0.1) is 19.9 Å². The number of rotatable bonds is 3. The lowest BCUT2D eigenvalue weighted by atomic mass is 10.2. The molecule has 0 radical (unpaired) electrons. The van der Waals surface area contributed by atoms with E-state index in [0.717, 1.165) is 18.8 Å². The zero-order valence-electron chi connectivity index (χ0n) is 9.98. The van der Waals surface area contributed by atoms with Gasteiger partial charge < -0.3 is 0 Å². The molecule has 1 heterocycles. The summed E-state index contributed by atoms with van der Waals surface area (Å²) in [4.78, 5) is 13.0. The quantitative estimate of drug-likeness (QED) is 0.599. The average molecular weight is 402 g/mol. The van der Waals surface area contributed by atoms with Crippen LogP contribution in [0, 0.1) is 0 Å². The molecule has 19 heavy (non-hydrogen) atoms. The van der Waals surface area contributed by atoms with E-state index in [1.54, 1.807) is 17.4 Å². The number of thiophene rings is 1. The van der Waals surface area contributed by atoms with Crippen molar-refractivity contribution >= 4 is 54.8 Å². The van der Waals surface area contributed by atoms with Gasteiger partial charge in [0.2, 0.25) is 0 Å². The summed E-state index contributed by atoms with van der Waals surface area (Å²) in [6.07, 6.45) is 0. The van der Waals surface area contributed by atoms with Gasteiger partial charge in [0.1, 0.15) is 0 Å². The highest BCUT2D eigenvalue weighted by atomic mass is 79.9. The van der Waals surface area contributed by atoms with Gasteiger partial charge in [0.15, 0.2) is 0 Å². The van der Waals surface area contributed by atoms with Crippen LogP contribution in [0.1, 0.15) is 22.2 Å². The molecule has 2 rings (SSSR count). The topological polar surface area (TPSA) is 41.5 Å². The normalized spacial score (nSPS) is 11.4. The van der Waals surface area contributed by atoms with E-state index in [9.17, 15) is 4.79 Å². The monoisotopic (exact) mass is 400 g/mol. The molecule has 0 spiro atoms. The first-order valence-electron chi connectivity index (χ1n) is 5.43. The summed E-state index contributed by atoms with van der Waals surface area (Å²) < 4.78 is 1.79. The molecule has 6 heteroatoms. The Bertz CT molecular complexity index is 637. The number of halogens is 2. The van der Waals surface area contributed by atoms with E-state index >= 15 is 0 Å². The third-order valence-electron chi connectivity index (χ3n) is 2.37. The average Bonchev–Trinajstić information content (AvgIpc) is 2.83. The molecule has 0 fully saturated rings. The maximum atomic E-state index is 12.0. The second-order valence-electron chi connectivity index (χ2n) is 3.72. The van der Waals surface area contributed by atoms with E-state index in [1.807, 2.05) is 37.3 Å². The maximum absolute atomic E-state index is 12.0. The fourth-order valence-electron chi connectivity index (χ4n) is 1.40. The van der Waals surface area contributed by atoms with Crippen molar-refractivity contribution in [3.05, 3.63) is 55.1 Å². The van der Waals surface area contributed by atoms with Crippen molar-refractivity contribution in [2.24, 2.45) is 5.10 Å². The van der Waals surface area contributed by atoms with Crippen molar-refractivity contribution < 1.29 is 4.79 Å². The second kappa shape index (κ2) is 6.45. The standard InChI is InChI=1S/C13H10Br2N2OS/c1-8(11-6-7-12(15)19-11)16-17-13(18)9-4-2-3-5-10(9)14/h2-7H,1H3,(H,17,18). The zero-order chi connectivity index (χ0) is 13.8. The van der Waals surface area contributed by atoms with E-state index < -0.39 is 0 Å². The molecule has 0 aliphatic heterocycles. The van der Waals surface area contributed by atoms with Crippen molar-refractivity contribution in [3.8, 4) is 0 Å². The van der Waals surface area contributed by atoms with Crippen LogP contribution in [0.25, 0.3) is 0 Å². The number of benzene rings is 1. The van der Waals surface area contributed by atoms with Gasteiger partial charge in [0, 0.05) is 4.47 Å².